The Kier molecular flexibility index (Phi) is 4.76. The zero-order valence-corrected chi connectivity index (χ0v) is 12.5. The van der Waals surface area contributed by atoms with Gasteiger partial charge in [0.25, 0.3) is 5.91 Å². The van der Waals surface area contributed by atoms with Crippen molar-refractivity contribution in [2.75, 3.05) is 31.1 Å². The highest BCUT2D eigenvalue weighted by molar-refractivity contribution is 5.94. The van der Waals surface area contributed by atoms with Gasteiger partial charge in [-0.3, -0.25) is 4.79 Å². The van der Waals surface area contributed by atoms with Gasteiger partial charge >= 0.3 is 0 Å². The third kappa shape index (κ3) is 3.76. The molecule has 1 amide bonds. The van der Waals surface area contributed by atoms with Crippen LogP contribution in [0.5, 0.6) is 0 Å². The molecule has 1 unspecified atom stereocenters. The van der Waals surface area contributed by atoms with Crippen LogP contribution in [0, 0.1) is 0 Å². The Bertz CT molecular complexity index is 460. The zero-order chi connectivity index (χ0) is 14.5. The van der Waals surface area contributed by atoms with Crippen LogP contribution in [0.3, 0.4) is 0 Å². The van der Waals surface area contributed by atoms with E-state index in [1.807, 2.05) is 12.1 Å². The number of piperidine rings is 1. The van der Waals surface area contributed by atoms with E-state index in [1.165, 1.54) is 24.9 Å². The largest absolute Gasteiger partial charge is 0.376 e. The lowest BCUT2D eigenvalue weighted by Gasteiger charge is -2.28. The van der Waals surface area contributed by atoms with Gasteiger partial charge in [-0.2, -0.15) is 0 Å². The van der Waals surface area contributed by atoms with Gasteiger partial charge in [-0.25, -0.2) is 0 Å². The first-order valence-electron chi connectivity index (χ1n) is 8.08. The molecule has 0 bridgehead atoms. The monoisotopic (exact) mass is 288 g/mol. The summed E-state index contributed by atoms with van der Waals surface area (Å²) >= 11 is 0. The van der Waals surface area contributed by atoms with E-state index in [0.717, 1.165) is 38.1 Å². The molecule has 1 aromatic carbocycles. The van der Waals surface area contributed by atoms with Crippen molar-refractivity contribution in [2.24, 2.45) is 0 Å². The molecular formula is C17H24N2O2. The van der Waals surface area contributed by atoms with Crippen LogP contribution >= 0.6 is 0 Å². The number of carbonyl (C=O) groups excluding carboxylic acids is 1. The molecule has 0 saturated carbocycles. The van der Waals surface area contributed by atoms with Crippen molar-refractivity contribution < 1.29 is 9.53 Å². The summed E-state index contributed by atoms with van der Waals surface area (Å²) in [7, 11) is 0. The van der Waals surface area contributed by atoms with Crippen molar-refractivity contribution in [3.05, 3.63) is 29.8 Å². The third-order valence-electron chi connectivity index (χ3n) is 4.36. The maximum atomic E-state index is 12.1. The number of ether oxygens (including phenoxy) is 1. The Hall–Kier alpha value is -1.55. The summed E-state index contributed by atoms with van der Waals surface area (Å²) in [5.74, 6) is -0.00399. The highest BCUT2D eigenvalue weighted by Crippen LogP contribution is 2.20. The minimum atomic E-state index is -0.00399. The highest BCUT2D eigenvalue weighted by Gasteiger charge is 2.17. The molecular weight excluding hydrogens is 264 g/mol. The molecule has 114 valence electrons. The molecule has 2 aliphatic rings. The Morgan fingerprint density at radius 2 is 1.90 bits per heavy atom. The smallest absolute Gasteiger partial charge is 0.251 e. The normalized spacial score (nSPS) is 22.3. The Morgan fingerprint density at radius 3 is 2.57 bits per heavy atom. The number of carbonyl (C=O) groups is 1. The van der Waals surface area contributed by atoms with E-state index >= 15 is 0 Å². The highest BCUT2D eigenvalue weighted by atomic mass is 16.5. The van der Waals surface area contributed by atoms with Crippen LogP contribution in [0.15, 0.2) is 24.3 Å². The molecule has 0 spiro atoms. The number of rotatable bonds is 4. The van der Waals surface area contributed by atoms with Crippen molar-refractivity contribution >= 4 is 11.6 Å². The second-order valence-corrected chi connectivity index (χ2v) is 5.94. The van der Waals surface area contributed by atoms with Gasteiger partial charge in [0.2, 0.25) is 0 Å². The molecule has 1 atom stereocenters. The molecule has 1 N–H and O–H groups in total. The number of hydrogen-bond donors (Lipinski definition) is 1. The number of nitrogens with one attached hydrogen (secondary N) is 1. The van der Waals surface area contributed by atoms with Crippen molar-refractivity contribution in [1.29, 1.82) is 0 Å². The van der Waals surface area contributed by atoms with Crippen LogP contribution < -0.4 is 10.2 Å². The average Bonchev–Trinajstić information content (AvgIpc) is 3.07. The number of nitrogens with zero attached hydrogens (tertiary/aromatic N) is 1. The predicted octanol–water partition coefficient (Wildman–Crippen LogP) is 2.59. The topological polar surface area (TPSA) is 41.6 Å². The zero-order valence-electron chi connectivity index (χ0n) is 12.5. The minimum Gasteiger partial charge on any atom is -0.376 e. The van der Waals surface area contributed by atoms with E-state index < -0.39 is 0 Å². The number of amides is 1. The molecule has 4 heteroatoms. The van der Waals surface area contributed by atoms with Crippen LogP contribution in [-0.4, -0.2) is 38.3 Å². The lowest BCUT2D eigenvalue weighted by Crippen LogP contribution is -2.32. The maximum Gasteiger partial charge on any atom is 0.251 e. The molecule has 0 aromatic heterocycles. The molecule has 2 aliphatic heterocycles. The van der Waals surface area contributed by atoms with Crippen LogP contribution in [0.25, 0.3) is 0 Å². The summed E-state index contributed by atoms with van der Waals surface area (Å²) in [5, 5.41) is 2.96. The molecule has 21 heavy (non-hydrogen) atoms. The molecule has 2 heterocycles. The van der Waals surface area contributed by atoms with Crippen molar-refractivity contribution in [2.45, 2.75) is 38.2 Å². The standard InChI is InChI=1S/C17H24N2O2/c20-17(18-13-16-5-4-12-21-16)14-6-8-15(9-7-14)19-10-2-1-3-11-19/h6-9,16H,1-5,10-13H2,(H,18,20). The number of benzene rings is 1. The molecule has 1 aromatic rings. The third-order valence-corrected chi connectivity index (χ3v) is 4.36. The van der Waals surface area contributed by atoms with Gasteiger partial charge < -0.3 is 15.0 Å². The first-order valence-corrected chi connectivity index (χ1v) is 8.08. The molecule has 3 rings (SSSR count). The fourth-order valence-electron chi connectivity index (χ4n) is 3.09. The average molecular weight is 288 g/mol. The van der Waals surface area contributed by atoms with E-state index in [0.29, 0.717) is 6.54 Å². The minimum absolute atomic E-state index is 0.00399. The Labute approximate surface area is 126 Å². The van der Waals surface area contributed by atoms with Gasteiger partial charge in [-0.05, 0) is 56.4 Å². The van der Waals surface area contributed by atoms with E-state index in [2.05, 4.69) is 22.3 Å². The lowest BCUT2D eigenvalue weighted by molar-refractivity contribution is 0.0858. The summed E-state index contributed by atoms with van der Waals surface area (Å²) in [4.78, 5) is 14.5. The van der Waals surface area contributed by atoms with Crippen molar-refractivity contribution in [3.8, 4) is 0 Å². The fourth-order valence-corrected chi connectivity index (χ4v) is 3.09. The fraction of sp³-hybridized carbons (Fsp3) is 0.588. The van der Waals surface area contributed by atoms with Gasteiger partial charge in [0.05, 0.1) is 6.10 Å². The summed E-state index contributed by atoms with van der Waals surface area (Å²) in [6, 6.07) is 7.97. The molecule has 0 radical (unpaired) electrons. The van der Waals surface area contributed by atoms with E-state index in [4.69, 9.17) is 4.74 Å². The van der Waals surface area contributed by atoms with Crippen molar-refractivity contribution in [1.82, 2.24) is 5.32 Å². The Morgan fingerprint density at radius 1 is 1.14 bits per heavy atom. The van der Waals surface area contributed by atoms with Gasteiger partial charge in [0.1, 0.15) is 0 Å². The van der Waals surface area contributed by atoms with Crippen LogP contribution in [0.2, 0.25) is 0 Å². The van der Waals surface area contributed by atoms with E-state index in [-0.39, 0.29) is 12.0 Å². The number of anilines is 1. The second-order valence-electron chi connectivity index (χ2n) is 5.94. The van der Waals surface area contributed by atoms with E-state index in [9.17, 15) is 4.79 Å². The molecule has 0 aliphatic carbocycles. The SMILES string of the molecule is O=C(NCC1CCCO1)c1ccc(N2CCCCC2)cc1. The molecule has 2 fully saturated rings. The maximum absolute atomic E-state index is 12.1. The summed E-state index contributed by atoms with van der Waals surface area (Å²) in [5.41, 5.74) is 1.96. The molecule has 4 nitrogen and oxygen atoms in total. The van der Waals surface area contributed by atoms with Crippen LogP contribution in [0.1, 0.15) is 42.5 Å². The first-order chi connectivity index (χ1) is 10.3. The summed E-state index contributed by atoms with van der Waals surface area (Å²) in [6.45, 7) is 3.70. The van der Waals surface area contributed by atoms with Gasteiger partial charge in [0.15, 0.2) is 0 Å². The van der Waals surface area contributed by atoms with Crippen LogP contribution in [-0.2, 0) is 4.74 Å². The van der Waals surface area contributed by atoms with Crippen molar-refractivity contribution in [3.63, 3.8) is 0 Å². The van der Waals surface area contributed by atoms with Gasteiger partial charge in [-0.15, -0.1) is 0 Å². The number of hydrogen-bond acceptors (Lipinski definition) is 3. The lowest BCUT2D eigenvalue weighted by atomic mass is 10.1. The van der Waals surface area contributed by atoms with Crippen LogP contribution in [0.4, 0.5) is 5.69 Å². The first kappa shape index (κ1) is 14.4. The van der Waals surface area contributed by atoms with Gasteiger partial charge in [0, 0.05) is 37.5 Å². The quantitative estimate of drug-likeness (QED) is 0.926. The van der Waals surface area contributed by atoms with Gasteiger partial charge in [-0.1, -0.05) is 0 Å². The van der Waals surface area contributed by atoms with E-state index in [1.54, 1.807) is 0 Å². The second kappa shape index (κ2) is 6.94. The molecule has 2 saturated heterocycles. The Balaban J connectivity index is 1.54. The summed E-state index contributed by atoms with van der Waals surface area (Å²) in [6.07, 6.45) is 6.22. The predicted molar refractivity (Wildman–Crippen MR) is 83.8 cm³/mol. The summed E-state index contributed by atoms with van der Waals surface area (Å²) < 4.78 is 5.52.